The van der Waals surface area contributed by atoms with Crippen molar-refractivity contribution in [3.63, 3.8) is 0 Å². The van der Waals surface area contributed by atoms with Gasteiger partial charge in [-0.3, -0.25) is 77.3 Å². The van der Waals surface area contributed by atoms with Crippen LogP contribution in [0.1, 0.15) is 81.7 Å². The van der Waals surface area contributed by atoms with Crippen LogP contribution in [0.5, 0.6) is 5.75 Å². The Balaban J connectivity index is 1.13. The fourth-order valence-electron chi connectivity index (χ4n) is 12.8. The molecule has 0 spiro atoms. The fraction of sp³-hybridized carbons (Fsp3) is 0.434. The number of hydrogen-bond donors (Lipinski definition) is 24. The lowest BCUT2D eigenvalue weighted by atomic mass is 9.99. The number of nitrogens with one attached hydrogen (secondary N) is 16. The van der Waals surface area contributed by atoms with Crippen molar-refractivity contribution in [1.29, 1.82) is 5.41 Å². The summed E-state index contributed by atoms with van der Waals surface area (Å²) in [5.74, 6) is -16.4. The number of nitrogens with two attached hydrogens (primary N) is 2. The van der Waals surface area contributed by atoms with E-state index >= 15 is 14.4 Å². The number of para-hydroxylation sites is 1. The van der Waals surface area contributed by atoms with Crippen molar-refractivity contribution < 1.29 is 92.3 Å². The summed E-state index contributed by atoms with van der Waals surface area (Å²) in [4.78, 5) is 219. The smallest absolute Gasteiger partial charge is 0.303 e. The van der Waals surface area contributed by atoms with Crippen molar-refractivity contribution in [3.05, 3.63) is 132 Å². The lowest BCUT2D eigenvalue weighted by Gasteiger charge is -2.29. The number of primary amides is 1. The highest BCUT2D eigenvalue weighted by atomic mass is 32.1. The Morgan fingerprint density at radius 2 is 1.09 bits per heavy atom. The third-order valence-electron chi connectivity index (χ3n) is 19.0. The number of carbonyl (C=O) groups excluding carboxylic acids is 14. The van der Waals surface area contributed by atoms with E-state index in [9.17, 15) is 78.0 Å². The van der Waals surface area contributed by atoms with Crippen molar-refractivity contribution in [1.82, 2.24) is 89.0 Å². The monoisotopic (exact) mass is 1660 g/mol. The summed E-state index contributed by atoms with van der Waals surface area (Å²) in [7, 11) is 0. The minimum Gasteiger partial charge on any atom is -0.508 e. The molecule has 0 aliphatic carbocycles. The molecule has 117 heavy (non-hydrogen) atoms. The van der Waals surface area contributed by atoms with Crippen LogP contribution in [0.2, 0.25) is 0 Å². The number of guanidine groups is 1. The van der Waals surface area contributed by atoms with Gasteiger partial charge in [0.05, 0.1) is 31.8 Å². The molecular formula is C76H100N20O19S2. The summed E-state index contributed by atoms with van der Waals surface area (Å²) >= 11 is 8.53. The largest absolute Gasteiger partial charge is 0.508 e. The Hall–Kier alpha value is -12.4. The summed E-state index contributed by atoms with van der Waals surface area (Å²) < 4.78 is 0. The molecule has 0 radical (unpaired) electrons. The molecule has 7 rings (SSSR count). The molecule has 12 atom stereocenters. The number of rotatable bonds is 45. The van der Waals surface area contributed by atoms with E-state index in [0.29, 0.717) is 34.0 Å². The van der Waals surface area contributed by atoms with Gasteiger partial charge in [-0.25, -0.2) is 4.98 Å². The number of likely N-dealkylation sites (tertiary alicyclic amines) is 1. The van der Waals surface area contributed by atoms with E-state index in [0.717, 1.165) is 17.7 Å². The molecule has 6 aromatic rings. The molecule has 1 aliphatic rings. The zero-order valence-electron chi connectivity index (χ0n) is 64.3. The van der Waals surface area contributed by atoms with Crippen LogP contribution in [0.25, 0.3) is 21.7 Å². The van der Waals surface area contributed by atoms with Crippen LogP contribution >= 0.6 is 25.3 Å². The molecule has 630 valence electrons. The van der Waals surface area contributed by atoms with Gasteiger partial charge in [0, 0.05) is 86.9 Å². The lowest BCUT2D eigenvalue weighted by Crippen LogP contribution is -2.61. The van der Waals surface area contributed by atoms with Crippen LogP contribution in [-0.4, -0.2) is 252 Å². The fourth-order valence-corrected chi connectivity index (χ4v) is 13.3. The van der Waals surface area contributed by atoms with E-state index in [1.165, 1.54) is 41.7 Å². The third-order valence-corrected chi connectivity index (χ3v) is 19.7. The van der Waals surface area contributed by atoms with Crippen molar-refractivity contribution in [3.8, 4) is 5.75 Å². The number of carbonyl (C=O) groups is 15. The topological polar surface area (TPSA) is 617 Å². The lowest BCUT2D eigenvalue weighted by molar-refractivity contribution is -0.141. The third kappa shape index (κ3) is 28.0. The number of benzene rings is 4. The number of carboxylic acid groups (broad SMARTS) is 1. The first kappa shape index (κ1) is 91.8. The number of aromatic amines is 2. The first-order valence-corrected chi connectivity index (χ1v) is 38.8. The van der Waals surface area contributed by atoms with Crippen LogP contribution in [0, 0.1) is 11.3 Å². The number of H-pyrrole nitrogens is 2. The predicted octanol–water partition coefficient (Wildman–Crippen LogP) is -4.41. The minimum atomic E-state index is -1.87. The highest BCUT2D eigenvalue weighted by Gasteiger charge is 2.41. The summed E-state index contributed by atoms with van der Waals surface area (Å²) in [5.41, 5.74) is 13.3. The zero-order chi connectivity index (χ0) is 85.6. The molecule has 0 saturated carbocycles. The zero-order valence-corrected chi connectivity index (χ0v) is 66.1. The van der Waals surface area contributed by atoms with Crippen LogP contribution in [0.4, 0.5) is 0 Å². The van der Waals surface area contributed by atoms with Crippen molar-refractivity contribution in [2.24, 2.45) is 17.4 Å². The SMILES string of the molecule is CC(=O)N[C@@H](CO)C(=O)N[C@@H](Cc1ccc(O)cc1)C(=O)N[C@@H](CO)C(=O)N[C@@H](CS)C(=O)N[C@@H](CCC(=O)O)C(=O)N[C@@H](Cc1c[nH]cn1)C(=O)N[C@H](Cc1ccc2ccccc2c1)C(=O)N[C@@H](CCCNC(=N)N)C(=O)N[C@@H](Cc1c[nH]c2ccccc12)C(=O)NCC(=O)N[C@@H](CS)C(=O)N1CCC[C@H]1C(=O)N[C@H](C(N)=O)C(C)C. The number of phenolic OH excluding ortho intramolecular Hbond substituents is 1. The second-order valence-electron chi connectivity index (χ2n) is 28.1. The number of aliphatic hydroxyl groups is 2. The first-order valence-electron chi connectivity index (χ1n) is 37.5. The normalized spacial score (nSPS) is 15.3. The van der Waals surface area contributed by atoms with Gasteiger partial charge in [-0.15, -0.1) is 0 Å². The van der Waals surface area contributed by atoms with Gasteiger partial charge in [0.1, 0.15) is 78.3 Å². The Labute approximate surface area is 682 Å². The van der Waals surface area contributed by atoms with E-state index in [1.54, 1.807) is 80.7 Å². The van der Waals surface area contributed by atoms with Gasteiger partial charge < -0.3 is 116 Å². The Morgan fingerprint density at radius 1 is 0.573 bits per heavy atom. The number of aliphatic hydroxyl groups excluding tert-OH is 2. The molecule has 1 saturated heterocycles. The van der Waals surface area contributed by atoms with Crippen LogP contribution in [-0.2, 0) is 97.6 Å². The van der Waals surface area contributed by atoms with E-state index in [-0.39, 0.29) is 74.7 Å². The van der Waals surface area contributed by atoms with Gasteiger partial charge in [-0.1, -0.05) is 86.6 Å². The van der Waals surface area contributed by atoms with Gasteiger partial charge in [0.2, 0.25) is 82.7 Å². The van der Waals surface area contributed by atoms with E-state index in [4.69, 9.17) is 16.9 Å². The number of imidazole rings is 1. The van der Waals surface area contributed by atoms with Gasteiger partial charge in [0.25, 0.3) is 0 Å². The Morgan fingerprint density at radius 3 is 1.67 bits per heavy atom. The van der Waals surface area contributed by atoms with Crippen LogP contribution < -0.4 is 80.6 Å². The first-order chi connectivity index (χ1) is 55.8. The van der Waals surface area contributed by atoms with Gasteiger partial charge in [-0.2, -0.15) is 25.3 Å². The van der Waals surface area contributed by atoms with Gasteiger partial charge in [-0.05, 0) is 83.7 Å². The summed E-state index contributed by atoms with van der Waals surface area (Å²) in [6.07, 6.45) is 2.03. The number of hydrogen-bond acceptors (Lipinski definition) is 22. The molecule has 1 fully saturated rings. The Kier molecular flexibility index (Phi) is 35.4. The van der Waals surface area contributed by atoms with Crippen molar-refractivity contribution in [2.75, 3.05) is 44.4 Å². The molecule has 14 amide bonds. The van der Waals surface area contributed by atoms with E-state index < -0.39 is 212 Å². The molecule has 3 heterocycles. The maximum atomic E-state index is 15.3. The number of aromatic hydroxyl groups is 1. The van der Waals surface area contributed by atoms with Crippen LogP contribution in [0.15, 0.2) is 110 Å². The number of aromatic nitrogens is 3. The average molecular weight is 1660 g/mol. The van der Waals surface area contributed by atoms with E-state index in [1.807, 2.05) is 6.07 Å². The molecule has 39 nitrogen and oxygen atoms in total. The molecule has 2 aromatic heterocycles. The highest BCUT2D eigenvalue weighted by Crippen LogP contribution is 2.23. The summed E-state index contributed by atoms with van der Waals surface area (Å²) in [6, 6.07) is 6.53. The standard InChI is InChI=1S/C76H100N20O19S2/c1-39(2)63(64(77)104)95-74(114)60-15-9-25-96(60)75(115)59(37-117)86-61(101)33-83-65(105)54(29-45-31-82-49-13-7-6-12-48(45)49)91-66(106)50(14-8-24-81-76(78)79)87-68(108)53(28-42-16-19-43-10-4-5-11-44(43)26-42)89-70(110)55(30-46-32-80-38-84-46)92-67(107)51(22-23-62(102)103)88-73(113)58(36-116)94-72(112)57(35-98)93-69(109)52(27-41-17-20-47(100)21-18-41)90-71(111)56(34-97)85-40(3)99/h4-7,10-13,16-21,26,31-32,38-39,50-60,63,82,97-98,100,116-117H,8-9,14-15,22-25,27-30,33-37H2,1-3H3,(H2,77,104)(H,80,84)(H,83,105)(H,85,99)(H,86,101)(H,87,108)(H,88,113)(H,89,110)(H,90,111)(H,91,106)(H,92,107)(H,93,109)(H,94,112)(H,95,114)(H,102,103)(H4,78,79,81)/t50-,51-,52-,53+,54-,55-,56-,57-,58-,59-,60-,63-/m0/s1. The second kappa shape index (κ2) is 45.1. The number of carboxylic acids is 1. The molecule has 0 bridgehead atoms. The average Bonchev–Trinajstić information content (AvgIpc) is 1.08. The number of fused-ring (bicyclic) bond motifs is 2. The summed E-state index contributed by atoms with van der Waals surface area (Å²) in [6.45, 7) is 1.81. The van der Waals surface area contributed by atoms with Crippen molar-refractivity contribution >= 4 is 142 Å². The molecule has 1 aliphatic heterocycles. The number of amides is 14. The maximum absolute atomic E-state index is 15.3. The molecule has 0 unspecified atom stereocenters. The second-order valence-corrected chi connectivity index (χ2v) is 28.9. The molecule has 41 heteroatoms. The minimum absolute atomic E-state index is 0.0153. The maximum Gasteiger partial charge on any atom is 0.303 e. The molecule has 4 aromatic carbocycles. The Bertz CT molecular complexity index is 4530. The molecular weight excluding hydrogens is 1560 g/mol. The van der Waals surface area contributed by atoms with Gasteiger partial charge >= 0.3 is 5.97 Å². The van der Waals surface area contributed by atoms with Crippen LogP contribution in [0.3, 0.4) is 0 Å². The highest BCUT2D eigenvalue weighted by molar-refractivity contribution is 7.80. The molecule has 24 N–H and O–H groups in total. The van der Waals surface area contributed by atoms with Crippen molar-refractivity contribution in [2.45, 2.75) is 157 Å². The number of phenols is 1. The summed E-state index contributed by atoms with van der Waals surface area (Å²) in [5, 5.41) is 82.6. The number of nitrogens with zero attached hydrogens (tertiary/aromatic N) is 2. The van der Waals surface area contributed by atoms with Gasteiger partial charge in [0.15, 0.2) is 5.96 Å². The predicted molar refractivity (Wildman–Crippen MR) is 430 cm³/mol. The quantitative estimate of drug-likeness (QED) is 0.00743. The van der Waals surface area contributed by atoms with E-state index in [2.05, 4.69) is 109 Å². The number of aliphatic carboxylic acids is 1. The number of thiol groups is 2.